The van der Waals surface area contributed by atoms with Crippen LogP contribution in [0.1, 0.15) is 13.3 Å². The standard InChI is InChI=1S/C14H21ClN4O/c1-10(19-7-2-5-17-6-8-19)14(20)18-11-3-4-12(15)13(16)9-11/h3-4,9-10,17H,2,5-8,16H2,1H3,(H,18,20). The first-order valence-electron chi connectivity index (χ1n) is 6.88. The summed E-state index contributed by atoms with van der Waals surface area (Å²) in [7, 11) is 0. The van der Waals surface area contributed by atoms with E-state index in [0.717, 1.165) is 32.6 Å². The van der Waals surface area contributed by atoms with E-state index in [1.165, 1.54) is 0 Å². The number of carbonyl (C=O) groups is 1. The van der Waals surface area contributed by atoms with Crippen LogP contribution in [0.25, 0.3) is 0 Å². The zero-order valence-electron chi connectivity index (χ0n) is 11.7. The Morgan fingerprint density at radius 3 is 3.00 bits per heavy atom. The fourth-order valence-corrected chi connectivity index (χ4v) is 2.41. The van der Waals surface area contributed by atoms with Crippen molar-refractivity contribution >= 4 is 28.9 Å². The van der Waals surface area contributed by atoms with Gasteiger partial charge in [0, 0.05) is 25.3 Å². The summed E-state index contributed by atoms with van der Waals surface area (Å²) in [4.78, 5) is 14.5. The van der Waals surface area contributed by atoms with Crippen molar-refractivity contribution in [3.8, 4) is 0 Å². The van der Waals surface area contributed by atoms with E-state index in [2.05, 4.69) is 15.5 Å². The smallest absolute Gasteiger partial charge is 0.241 e. The van der Waals surface area contributed by atoms with E-state index in [1.54, 1.807) is 18.2 Å². The summed E-state index contributed by atoms with van der Waals surface area (Å²) in [6, 6.07) is 4.96. The van der Waals surface area contributed by atoms with E-state index >= 15 is 0 Å². The molecule has 20 heavy (non-hydrogen) atoms. The maximum atomic E-state index is 12.3. The number of halogens is 1. The second kappa shape index (κ2) is 6.92. The van der Waals surface area contributed by atoms with E-state index in [9.17, 15) is 4.79 Å². The highest BCUT2D eigenvalue weighted by Crippen LogP contribution is 2.22. The Hall–Kier alpha value is -1.30. The van der Waals surface area contributed by atoms with Gasteiger partial charge in [0.15, 0.2) is 0 Å². The molecule has 0 radical (unpaired) electrons. The van der Waals surface area contributed by atoms with Gasteiger partial charge >= 0.3 is 0 Å². The van der Waals surface area contributed by atoms with Crippen LogP contribution in [0, 0.1) is 0 Å². The minimum Gasteiger partial charge on any atom is -0.397 e. The van der Waals surface area contributed by atoms with Crippen molar-refractivity contribution in [2.24, 2.45) is 0 Å². The van der Waals surface area contributed by atoms with Gasteiger partial charge in [-0.15, -0.1) is 0 Å². The SMILES string of the molecule is CC(C(=O)Nc1ccc(Cl)c(N)c1)N1CCCNCC1. The molecular weight excluding hydrogens is 276 g/mol. The van der Waals surface area contributed by atoms with Gasteiger partial charge in [-0.05, 0) is 38.1 Å². The van der Waals surface area contributed by atoms with Crippen LogP contribution in [0.15, 0.2) is 18.2 Å². The van der Waals surface area contributed by atoms with E-state index < -0.39 is 0 Å². The van der Waals surface area contributed by atoms with Gasteiger partial charge < -0.3 is 16.4 Å². The van der Waals surface area contributed by atoms with Crippen molar-refractivity contribution in [2.45, 2.75) is 19.4 Å². The van der Waals surface area contributed by atoms with Gasteiger partial charge in [-0.2, -0.15) is 0 Å². The molecule has 5 nitrogen and oxygen atoms in total. The van der Waals surface area contributed by atoms with Crippen LogP contribution in [0.5, 0.6) is 0 Å². The van der Waals surface area contributed by atoms with Crippen LogP contribution in [0.4, 0.5) is 11.4 Å². The van der Waals surface area contributed by atoms with Gasteiger partial charge in [0.2, 0.25) is 5.91 Å². The number of anilines is 2. The molecule has 1 aliphatic rings. The number of nitrogens with one attached hydrogen (secondary N) is 2. The Morgan fingerprint density at radius 1 is 1.45 bits per heavy atom. The average Bonchev–Trinajstić information content (AvgIpc) is 2.71. The lowest BCUT2D eigenvalue weighted by molar-refractivity contribution is -0.120. The normalized spacial score (nSPS) is 18.3. The monoisotopic (exact) mass is 296 g/mol. The molecule has 1 atom stereocenters. The zero-order valence-corrected chi connectivity index (χ0v) is 12.4. The number of hydrogen-bond donors (Lipinski definition) is 3. The third kappa shape index (κ3) is 3.85. The highest BCUT2D eigenvalue weighted by Gasteiger charge is 2.22. The predicted octanol–water partition coefficient (Wildman–Crippen LogP) is 1.54. The van der Waals surface area contributed by atoms with Crippen molar-refractivity contribution in [1.82, 2.24) is 10.2 Å². The molecule has 1 aromatic carbocycles. The highest BCUT2D eigenvalue weighted by molar-refractivity contribution is 6.33. The van der Waals surface area contributed by atoms with Crippen LogP contribution in [-0.2, 0) is 4.79 Å². The molecule has 1 aromatic rings. The van der Waals surface area contributed by atoms with Crippen molar-refractivity contribution < 1.29 is 4.79 Å². The molecule has 1 heterocycles. The molecule has 6 heteroatoms. The van der Waals surface area contributed by atoms with E-state index in [0.29, 0.717) is 16.4 Å². The number of carbonyl (C=O) groups excluding carboxylic acids is 1. The number of rotatable bonds is 3. The lowest BCUT2D eigenvalue weighted by atomic mass is 10.2. The Labute approximate surface area is 124 Å². The highest BCUT2D eigenvalue weighted by atomic mass is 35.5. The predicted molar refractivity (Wildman–Crippen MR) is 83.0 cm³/mol. The summed E-state index contributed by atoms with van der Waals surface area (Å²) in [5.74, 6) is -0.0198. The summed E-state index contributed by atoms with van der Waals surface area (Å²) >= 11 is 5.87. The second-order valence-corrected chi connectivity index (χ2v) is 5.45. The number of amides is 1. The number of nitrogen functional groups attached to an aromatic ring is 1. The van der Waals surface area contributed by atoms with E-state index in [-0.39, 0.29) is 11.9 Å². The Balaban J connectivity index is 1.97. The summed E-state index contributed by atoms with van der Waals surface area (Å²) in [5.41, 5.74) is 6.88. The Morgan fingerprint density at radius 2 is 2.25 bits per heavy atom. The first-order chi connectivity index (χ1) is 9.58. The van der Waals surface area contributed by atoms with Crippen LogP contribution in [-0.4, -0.2) is 43.0 Å². The molecule has 0 bridgehead atoms. The molecular formula is C14H21ClN4O. The molecule has 0 aromatic heterocycles. The fourth-order valence-electron chi connectivity index (χ4n) is 2.29. The van der Waals surface area contributed by atoms with Gasteiger partial charge in [-0.3, -0.25) is 9.69 Å². The van der Waals surface area contributed by atoms with Crippen molar-refractivity contribution in [3.63, 3.8) is 0 Å². The van der Waals surface area contributed by atoms with Crippen molar-refractivity contribution in [1.29, 1.82) is 0 Å². The molecule has 1 amide bonds. The van der Waals surface area contributed by atoms with Gasteiger partial charge in [0.05, 0.1) is 16.8 Å². The summed E-state index contributed by atoms with van der Waals surface area (Å²) in [6.07, 6.45) is 1.06. The summed E-state index contributed by atoms with van der Waals surface area (Å²) in [5, 5.41) is 6.71. The summed E-state index contributed by atoms with van der Waals surface area (Å²) < 4.78 is 0. The number of nitrogens with zero attached hydrogens (tertiary/aromatic N) is 1. The molecule has 1 fully saturated rings. The van der Waals surface area contributed by atoms with Gasteiger partial charge in [0.1, 0.15) is 0 Å². The molecule has 0 saturated carbocycles. The maximum absolute atomic E-state index is 12.3. The van der Waals surface area contributed by atoms with Crippen LogP contribution < -0.4 is 16.4 Å². The minimum absolute atomic E-state index is 0.0198. The molecule has 2 rings (SSSR count). The Bertz CT molecular complexity index is 472. The van der Waals surface area contributed by atoms with Crippen molar-refractivity contribution in [2.75, 3.05) is 37.2 Å². The molecule has 1 aliphatic heterocycles. The lowest BCUT2D eigenvalue weighted by Gasteiger charge is -2.26. The first kappa shape index (κ1) is 15.1. The largest absolute Gasteiger partial charge is 0.397 e. The van der Waals surface area contributed by atoms with Gasteiger partial charge in [-0.25, -0.2) is 0 Å². The van der Waals surface area contributed by atoms with Gasteiger partial charge in [0.25, 0.3) is 0 Å². The van der Waals surface area contributed by atoms with Crippen molar-refractivity contribution in [3.05, 3.63) is 23.2 Å². The first-order valence-corrected chi connectivity index (χ1v) is 7.26. The van der Waals surface area contributed by atoms with Crippen LogP contribution >= 0.6 is 11.6 Å². The molecule has 110 valence electrons. The van der Waals surface area contributed by atoms with E-state index in [4.69, 9.17) is 17.3 Å². The van der Waals surface area contributed by atoms with Gasteiger partial charge in [-0.1, -0.05) is 11.6 Å². The van der Waals surface area contributed by atoms with Crippen LogP contribution in [0.2, 0.25) is 5.02 Å². The second-order valence-electron chi connectivity index (χ2n) is 5.04. The third-order valence-electron chi connectivity index (χ3n) is 3.57. The Kier molecular flexibility index (Phi) is 5.23. The lowest BCUT2D eigenvalue weighted by Crippen LogP contribution is -2.43. The quantitative estimate of drug-likeness (QED) is 0.740. The van der Waals surface area contributed by atoms with E-state index in [1.807, 2.05) is 6.92 Å². The minimum atomic E-state index is -0.160. The molecule has 1 saturated heterocycles. The molecule has 4 N–H and O–H groups in total. The number of nitrogens with two attached hydrogens (primary N) is 1. The summed E-state index contributed by atoms with van der Waals surface area (Å²) in [6.45, 7) is 5.69. The molecule has 1 unspecified atom stereocenters. The topological polar surface area (TPSA) is 70.4 Å². The number of benzene rings is 1. The third-order valence-corrected chi connectivity index (χ3v) is 3.91. The molecule has 0 aliphatic carbocycles. The molecule has 0 spiro atoms. The zero-order chi connectivity index (χ0) is 14.5. The maximum Gasteiger partial charge on any atom is 0.241 e. The fraction of sp³-hybridized carbons (Fsp3) is 0.500. The average molecular weight is 297 g/mol. The number of hydrogen-bond acceptors (Lipinski definition) is 4. The van der Waals surface area contributed by atoms with Crippen LogP contribution in [0.3, 0.4) is 0 Å².